The van der Waals surface area contributed by atoms with Crippen LogP contribution in [0.15, 0.2) is 24.4 Å². The van der Waals surface area contributed by atoms with E-state index in [4.69, 9.17) is 5.11 Å². The monoisotopic (exact) mass is 261 g/mol. The van der Waals surface area contributed by atoms with E-state index in [1.54, 1.807) is 0 Å². The van der Waals surface area contributed by atoms with E-state index in [0.29, 0.717) is 25.9 Å². The Morgan fingerprint density at radius 1 is 1.47 bits per heavy atom. The lowest BCUT2D eigenvalue weighted by atomic mass is 10.1. The van der Waals surface area contributed by atoms with Crippen LogP contribution in [0.3, 0.4) is 0 Å². The molecule has 0 saturated heterocycles. The molecule has 0 saturated carbocycles. The van der Waals surface area contributed by atoms with E-state index in [0.717, 1.165) is 10.9 Å². The highest BCUT2D eigenvalue weighted by Gasteiger charge is 2.06. The molecule has 1 aromatic carbocycles. The summed E-state index contributed by atoms with van der Waals surface area (Å²) in [4.78, 5) is 11.6. The highest BCUT2D eigenvalue weighted by atomic mass is 16.3. The standard InChI is InChI=1S/C14H19N3O2/c1-11-4-2-5-13-12(11)10-16-17(13)8-6-14(19)15-7-3-9-18/h2,4-5,10,18H,3,6-9H2,1H3,(H,15,19). The number of hydrogen-bond acceptors (Lipinski definition) is 3. The summed E-state index contributed by atoms with van der Waals surface area (Å²) in [6, 6.07) is 6.06. The van der Waals surface area contributed by atoms with Crippen molar-refractivity contribution in [3.05, 3.63) is 30.0 Å². The molecule has 1 heterocycles. The third kappa shape index (κ3) is 3.32. The van der Waals surface area contributed by atoms with Gasteiger partial charge in [0.05, 0.1) is 18.3 Å². The molecule has 2 aromatic rings. The fraction of sp³-hybridized carbons (Fsp3) is 0.429. The van der Waals surface area contributed by atoms with Gasteiger partial charge in [-0.1, -0.05) is 12.1 Å². The molecule has 0 atom stereocenters. The van der Waals surface area contributed by atoms with Crippen molar-refractivity contribution in [2.45, 2.75) is 26.3 Å². The van der Waals surface area contributed by atoms with Crippen LogP contribution < -0.4 is 5.32 Å². The van der Waals surface area contributed by atoms with Gasteiger partial charge in [0.25, 0.3) is 0 Å². The summed E-state index contributed by atoms with van der Waals surface area (Å²) in [6.07, 6.45) is 2.83. The number of nitrogens with zero attached hydrogens (tertiary/aromatic N) is 2. The van der Waals surface area contributed by atoms with Crippen LogP contribution in [0.4, 0.5) is 0 Å². The number of hydrogen-bond donors (Lipinski definition) is 2. The SMILES string of the molecule is Cc1cccc2c1cnn2CCC(=O)NCCCO. The van der Waals surface area contributed by atoms with Crippen molar-refractivity contribution in [1.82, 2.24) is 15.1 Å². The minimum atomic E-state index is -0.00949. The van der Waals surface area contributed by atoms with E-state index >= 15 is 0 Å². The van der Waals surface area contributed by atoms with Crippen molar-refractivity contribution in [3.8, 4) is 0 Å². The van der Waals surface area contributed by atoms with E-state index in [1.807, 2.05) is 23.0 Å². The van der Waals surface area contributed by atoms with Gasteiger partial charge in [-0.3, -0.25) is 9.48 Å². The van der Waals surface area contributed by atoms with Crippen LogP contribution in [0.2, 0.25) is 0 Å². The summed E-state index contributed by atoms with van der Waals surface area (Å²) in [7, 11) is 0. The topological polar surface area (TPSA) is 67.2 Å². The van der Waals surface area contributed by atoms with Crippen LogP contribution in [0.5, 0.6) is 0 Å². The average molecular weight is 261 g/mol. The molecule has 5 nitrogen and oxygen atoms in total. The van der Waals surface area contributed by atoms with E-state index in [2.05, 4.69) is 23.4 Å². The maximum atomic E-state index is 11.6. The van der Waals surface area contributed by atoms with Crippen molar-refractivity contribution >= 4 is 16.8 Å². The molecule has 0 radical (unpaired) electrons. The Kier molecular flexibility index (Phi) is 4.52. The first-order valence-corrected chi connectivity index (χ1v) is 6.51. The lowest BCUT2D eigenvalue weighted by Crippen LogP contribution is -2.26. The number of aliphatic hydroxyl groups is 1. The van der Waals surface area contributed by atoms with Gasteiger partial charge in [0.15, 0.2) is 0 Å². The summed E-state index contributed by atoms with van der Waals surface area (Å²) >= 11 is 0. The number of fused-ring (bicyclic) bond motifs is 1. The number of amides is 1. The molecule has 0 aliphatic carbocycles. The third-order valence-corrected chi connectivity index (χ3v) is 3.11. The number of nitrogens with one attached hydrogen (secondary N) is 1. The molecule has 0 spiro atoms. The summed E-state index contributed by atoms with van der Waals surface area (Å²) in [5.74, 6) is -0.00949. The van der Waals surface area contributed by atoms with E-state index < -0.39 is 0 Å². The van der Waals surface area contributed by atoms with Crippen LogP contribution in [-0.4, -0.2) is 33.9 Å². The Morgan fingerprint density at radius 3 is 3.11 bits per heavy atom. The normalized spacial score (nSPS) is 10.8. The van der Waals surface area contributed by atoms with Crippen LogP contribution in [0.1, 0.15) is 18.4 Å². The Labute approximate surface area is 112 Å². The van der Waals surface area contributed by atoms with Gasteiger partial charge in [0.1, 0.15) is 0 Å². The first-order valence-electron chi connectivity index (χ1n) is 6.51. The van der Waals surface area contributed by atoms with Gasteiger partial charge in [0, 0.05) is 25.0 Å². The Hall–Kier alpha value is -1.88. The first kappa shape index (κ1) is 13.5. The number of aryl methyl sites for hydroxylation is 2. The summed E-state index contributed by atoms with van der Waals surface area (Å²) < 4.78 is 1.86. The number of carbonyl (C=O) groups excluding carboxylic acids is 1. The van der Waals surface area contributed by atoms with E-state index in [9.17, 15) is 4.79 Å². The van der Waals surface area contributed by atoms with Gasteiger partial charge in [-0.05, 0) is 25.0 Å². The number of aliphatic hydroxyl groups excluding tert-OH is 1. The number of carbonyl (C=O) groups is 1. The molecule has 2 rings (SSSR count). The lowest BCUT2D eigenvalue weighted by Gasteiger charge is -2.05. The smallest absolute Gasteiger partial charge is 0.221 e. The number of aromatic nitrogens is 2. The summed E-state index contributed by atoms with van der Waals surface area (Å²) in [6.45, 7) is 3.24. The minimum absolute atomic E-state index is 0.00949. The molecule has 0 bridgehead atoms. The van der Waals surface area contributed by atoms with Crippen molar-refractivity contribution < 1.29 is 9.90 Å². The molecule has 2 N–H and O–H groups in total. The number of rotatable bonds is 6. The van der Waals surface area contributed by atoms with Crippen molar-refractivity contribution in [2.75, 3.05) is 13.2 Å². The van der Waals surface area contributed by atoms with Gasteiger partial charge in [-0.2, -0.15) is 5.10 Å². The quantitative estimate of drug-likeness (QED) is 0.769. The van der Waals surface area contributed by atoms with Gasteiger partial charge < -0.3 is 10.4 Å². The Morgan fingerprint density at radius 2 is 2.32 bits per heavy atom. The molecule has 19 heavy (non-hydrogen) atoms. The molecular weight excluding hydrogens is 242 g/mol. The molecule has 0 aliphatic heterocycles. The second-order valence-corrected chi connectivity index (χ2v) is 4.55. The van der Waals surface area contributed by atoms with E-state index in [1.165, 1.54) is 5.56 Å². The molecule has 1 aromatic heterocycles. The van der Waals surface area contributed by atoms with Gasteiger partial charge in [-0.15, -0.1) is 0 Å². The Balaban J connectivity index is 1.95. The highest BCUT2D eigenvalue weighted by molar-refractivity contribution is 5.82. The maximum Gasteiger partial charge on any atom is 0.221 e. The summed E-state index contributed by atoms with van der Waals surface area (Å²) in [5, 5.41) is 16.9. The second kappa shape index (κ2) is 6.33. The molecule has 102 valence electrons. The largest absolute Gasteiger partial charge is 0.396 e. The molecule has 1 amide bonds. The average Bonchev–Trinajstić information content (AvgIpc) is 2.81. The molecular formula is C14H19N3O2. The fourth-order valence-electron chi connectivity index (χ4n) is 2.03. The zero-order valence-corrected chi connectivity index (χ0v) is 11.1. The summed E-state index contributed by atoms with van der Waals surface area (Å²) in [5.41, 5.74) is 2.25. The predicted molar refractivity (Wildman–Crippen MR) is 73.8 cm³/mol. The zero-order valence-electron chi connectivity index (χ0n) is 11.1. The van der Waals surface area contributed by atoms with Crippen molar-refractivity contribution in [1.29, 1.82) is 0 Å². The van der Waals surface area contributed by atoms with Crippen molar-refractivity contribution in [3.63, 3.8) is 0 Å². The molecule has 0 aliphatic rings. The van der Waals surface area contributed by atoms with Gasteiger partial charge in [0.2, 0.25) is 5.91 Å². The Bertz CT molecular complexity index is 563. The lowest BCUT2D eigenvalue weighted by molar-refractivity contribution is -0.121. The van der Waals surface area contributed by atoms with Crippen LogP contribution >= 0.6 is 0 Å². The van der Waals surface area contributed by atoms with Crippen LogP contribution in [0.25, 0.3) is 10.9 Å². The minimum Gasteiger partial charge on any atom is -0.396 e. The number of benzene rings is 1. The predicted octanol–water partition coefficient (Wildman–Crippen LogP) is 1.23. The second-order valence-electron chi connectivity index (χ2n) is 4.55. The van der Waals surface area contributed by atoms with Gasteiger partial charge >= 0.3 is 0 Å². The van der Waals surface area contributed by atoms with Crippen LogP contribution in [0, 0.1) is 6.92 Å². The molecule has 0 unspecified atom stereocenters. The van der Waals surface area contributed by atoms with Gasteiger partial charge in [-0.25, -0.2) is 0 Å². The first-order chi connectivity index (χ1) is 9.22. The molecule has 0 fully saturated rings. The maximum absolute atomic E-state index is 11.6. The zero-order chi connectivity index (χ0) is 13.7. The fourth-order valence-corrected chi connectivity index (χ4v) is 2.03. The molecule has 5 heteroatoms. The van der Waals surface area contributed by atoms with Crippen molar-refractivity contribution in [2.24, 2.45) is 0 Å². The third-order valence-electron chi connectivity index (χ3n) is 3.11. The van der Waals surface area contributed by atoms with Crippen LogP contribution in [-0.2, 0) is 11.3 Å². The van der Waals surface area contributed by atoms with E-state index in [-0.39, 0.29) is 12.5 Å². The highest BCUT2D eigenvalue weighted by Crippen LogP contribution is 2.17.